The number of ether oxygens (including phenoxy) is 2. The summed E-state index contributed by atoms with van der Waals surface area (Å²) in [5.74, 6) is -0.0984. The Balaban J connectivity index is 1.84. The molecule has 0 bridgehead atoms. The van der Waals surface area contributed by atoms with Gasteiger partial charge in [-0.1, -0.05) is 11.6 Å². The lowest BCUT2D eigenvalue weighted by atomic mass is 9.90. The van der Waals surface area contributed by atoms with Crippen molar-refractivity contribution in [1.82, 2.24) is 4.90 Å². The number of hydroxylamine groups is 1. The Morgan fingerprint density at radius 1 is 1.00 bits per heavy atom. The van der Waals surface area contributed by atoms with Gasteiger partial charge >= 0.3 is 0 Å². The molecule has 0 unspecified atom stereocenters. The summed E-state index contributed by atoms with van der Waals surface area (Å²) in [6.45, 7) is 3.63. The van der Waals surface area contributed by atoms with Gasteiger partial charge in [-0.05, 0) is 50.2 Å². The molecule has 0 spiro atoms. The van der Waals surface area contributed by atoms with Crippen molar-refractivity contribution in [2.75, 3.05) is 19.3 Å². The molecular weight excluding hydrogens is 408 g/mol. The van der Waals surface area contributed by atoms with Crippen LogP contribution in [-0.2, 0) is 14.4 Å². The van der Waals surface area contributed by atoms with Crippen molar-refractivity contribution in [1.29, 1.82) is 0 Å². The summed E-state index contributed by atoms with van der Waals surface area (Å²) in [6.07, 6.45) is -0.896. The molecule has 2 amide bonds. The summed E-state index contributed by atoms with van der Waals surface area (Å²) in [6, 6.07) is 11.6. The van der Waals surface area contributed by atoms with Gasteiger partial charge in [0.25, 0.3) is 5.91 Å². The summed E-state index contributed by atoms with van der Waals surface area (Å²) >= 11 is 6.04. The van der Waals surface area contributed by atoms with Crippen LogP contribution in [-0.4, -0.2) is 43.1 Å². The number of methoxy groups -OCH3 is 2. The van der Waals surface area contributed by atoms with Crippen LogP contribution in [0.25, 0.3) is 0 Å². The van der Waals surface area contributed by atoms with E-state index < -0.39 is 18.1 Å². The lowest BCUT2D eigenvalue weighted by Crippen LogP contribution is -2.41. The largest absolute Gasteiger partial charge is 0.497 e. The van der Waals surface area contributed by atoms with Crippen LogP contribution in [0.1, 0.15) is 25.5 Å². The zero-order valence-electron chi connectivity index (χ0n) is 17.2. The Morgan fingerprint density at radius 3 is 2.30 bits per heavy atom. The second kappa shape index (κ2) is 7.81. The number of likely N-dealkylation sites (tertiary alicyclic amines) is 1. The van der Waals surface area contributed by atoms with E-state index in [1.54, 1.807) is 55.7 Å². The van der Waals surface area contributed by atoms with Gasteiger partial charge < -0.3 is 9.47 Å². The number of halogens is 1. The van der Waals surface area contributed by atoms with Gasteiger partial charge in [0.1, 0.15) is 17.4 Å². The molecule has 4 rings (SSSR count). The molecule has 2 fully saturated rings. The van der Waals surface area contributed by atoms with Crippen molar-refractivity contribution in [2.45, 2.75) is 32.0 Å². The molecule has 2 aliphatic rings. The van der Waals surface area contributed by atoms with Crippen LogP contribution < -0.4 is 14.5 Å². The number of imide groups is 1. The van der Waals surface area contributed by atoms with Crippen LogP contribution in [0.5, 0.6) is 11.5 Å². The van der Waals surface area contributed by atoms with E-state index in [9.17, 15) is 9.59 Å². The van der Waals surface area contributed by atoms with Crippen LogP contribution in [0.15, 0.2) is 42.5 Å². The molecule has 2 aliphatic heterocycles. The van der Waals surface area contributed by atoms with E-state index in [-0.39, 0.29) is 17.9 Å². The molecule has 2 saturated heterocycles. The van der Waals surface area contributed by atoms with Crippen LogP contribution in [0.3, 0.4) is 0 Å². The van der Waals surface area contributed by atoms with Crippen molar-refractivity contribution in [2.24, 2.45) is 5.92 Å². The number of anilines is 1. The van der Waals surface area contributed by atoms with Gasteiger partial charge in [-0.3, -0.25) is 19.3 Å². The van der Waals surface area contributed by atoms with Gasteiger partial charge in [0.2, 0.25) is 5.91 Å². The molecule has 0 aliphatic carbocycles. The first-order valence-corrected chi connectivity index (χ1v) is 10.1. The van der Waals surface area contributed by atoms with E-state index in [0.717, 1.165) is 5.56 Å². The maximum atomic E-state index is 13.3. The smallest absolute Gasteiger partial charge is 0.262 e. The number of benzene rings is 2. The minimum absolute atomic E-state index is 0.249. The van der Waals surface area contributed by atoms with Gasteiger partial charge in [-0.25, -0.2) is 5.06 Å². The number of hydrogen-bond acceptors (Lipinski definition) is 6. The molecule has 3 atom stereocenters. The normalized spacial score (nSPS) is 23.3. The van der Waals surface area contributed by atoms with Crippen LogP contribution >= 0.6 is 11.6 Å². The molecule has 2 heterocycles. The quantitative estimate of drug-likeness (QED) is 0.675. The molecule has 30 heavy (non-hydrogen) atoms. The third-order valence-electron chi connectivity index (χ3n) is 5.51. The summed E-state index contributed by atoms with van der Waals surface area (Å²) in [5.41, 5.74) is 1.42. The summed E-state index contributed by atoms with van der Waals surface area (Å²) < 4.78 is 10.9. The number of fused-ring (bicyclic) bond motifs is 1. The summed E-state index contributed by atoms with van der Waals surface area (Å²) in [7, 11) is 3.13. The third-order valence-corrected chi connectivity index (χ3v) is 5.76. The van der Waals surface area contributed by atoms with Crippen LogP contribution in [0, 0.1) is 5.92 Å². The van der Waals surface area contributed by atoms with Crippen molar-refractivity contribution < 1.29 is 23.9 Å². The lowest BCUT2D eigenvalue weighted by Gasteiger charge is -2.30. The van der Waals surface area contributed by atoms with Gasteiger partial charge in [0.05, 0.1) is 25.9 Å². The molecule has 7 nitrogen and oxygen atoms in total. The van der Waals surface area contributed by atoms with E-state index in [1.807, 2.05) is 19.9 Å². The fourth-order valence-corrected chi connectivity index (χ4v) is 4.26. The highest BCUT2D eigenvalue weighted by atomic mass is 35.5. The average molecular weight is 431 g/mol. The molecule has 8 heteroatoms. The van der Waals surface area contributed by atoms with E-state index in [4.69, 9.17) is 25.9 Å². The molecule has 0 radical (unpaired) electrons. The van der Waals surface area contributed by atoms with Gasteiger partial charge in [-0.15, -0.1) is 0 Å². The number of nitrogens with zero attached hydrogens (tertiary/aromatic N) is 2. The third kappa shape index (κ3) is 3.18. The highest BCUT2D eigenvalue weighted by Crippen LogP contribution is 2.49. The number of hydrogen-bond donors (Lipinski definition) is 0. The first kappa shape index (κ1) is 20.5. The molecule has 2 aromatic rings. The predicted molar refractivity (Wildman–Crippen MR) is 112 cm³/mol. The lowest BCUT2D eigenvalue weighted by molar-refractivity contribution is -0.145. The summed E-state index contributed by atoms with van der Waals surface area (Å²) in [5, 5.41) is 2.19. The molecule has 0 saturated carbocycles. The molecule has 0 aromatic heterocycles. The van der Waals surface area contributed by atoms with Gasteiger partial charge in [0.15, 0.2) is 6.10 Å². The zero-order valence-corrected chi connectivity index (χ0v) is 17.9. The number of amides is 2. The Hall–Kier alpha value is -2.77. The van der Waals surface area contributed by atoms with E-state index in [0.29, 0.717) is 22.2 Å². The van der Waals surface area contributed by atoms with Gasteiger partial charge in [0, 0.05) is 22.7 Å². The van der Waals surface area contributed by atoms with Crippen molar-refractivity contribution in [3.63, 3.8) is 0 Å². The first-order chi connectivity index (χ1) is 14.4. The molecule has 2 aromatic carbocycles. The second-order valence-electron chi connectivity index (χ2n) is 7.55. The number of carbonyl (C=O) groups is 2. The van der Waals surface area contributed by atoms with Crippen LogP contribution in [0.4, 0.5) is 5.69 Å². The minimum Gasteiger partial charge on any atom is -0.497 e. The topological polar surface area (TPSA) is 68.3 Å². The predicted octanol–water partition coefficient (Wildman–Crippen LogP) is 3.61. The second-order valence-corrected chi connectivity index (χ2v) is 7.98. The SMILES string of the molecule is COc1ccc([C@@H]2[C@H]3C(=O)N(C(C)C)C(=O)[C@@H]3ON2c2ccc(Cl)cc2)c(OC)c1. The summed E-state index contributed by atoms with van der Waals surface area (Å²) in [4.78, 5) is 33.6. The highest BCUT2D eigenvalue weighted by Gasteiger charge is 2.60. The van der Waals surface area contributed by atoms with E-state index in [2.05, 4.69) is 0 Å². The first-order valence-electron chi connectivity index (χ1n) is 9.67. The Kier molecular flexibility index (Phi) is 5.34. The maximum absolute atomic E-state index is 13.3. The van der Waals surface area contributed by atoms with E-state index >= 15 is 0 Å². The van der Waals surface area contributed by atoms with Gasteiger partial charge in [-0.2, -0.15) is 0 Å². The zero-order chi connectivity index (χ0) is 21.6. The highest BCUT2D eigenvalue weighted by molar-refractivity contribution is 6.30. The molecular formula is C22H23ClN2O5. The van der Waals surface area contributed by atoms with Crippen molar-refractivity contribution in [3.05, 3.63) is 53.1 Å². The van der Waals surface area contributed by atoms with Crippen LogP contribution in [0.2, 0.25) is 5.02 Å². The monoisotopic (exact) mass is 430 g/mol. The number of carbonyl (C=O) groups excluding carboxylic acids is 2. The Morgan fingerprint density at radius 2 is 1.70 bits per heavy atom. The number of rotatable bonds is 5. The fourth-order valence-electron chi connectivity index (χ4n) is 4.14. The standard InChI is InChI=1S/C22H23ClN2O5/c1-12(2)24-21(26)18-19(16-10-9-15(28-3)11-17(16)29-4)25(30-20(18)22(24)27)14-7-5-13(23)6-8-14/h5-12,18-20H,1-4H3/t18-,19-,20-/m1/s1. The minimum atomic E-state index is -0.896. The maximum Gasteiger partial charge on any atom is 0.262 e. The average Bonchev–Trinajstić information content (AvgIpc) is 3.24. The van der Waals surface area contributed by atoms with Crippen molar-refractivity contribution >= 4 is 29.1 Å². The fraction of sp³-hybridized carbons (Fsp3) is 0.364. The Bertz CT molecular complexity index is 978. The van der Waals surface area contributed by atoms with E-state index in [1.165, 1.54) is 4.90 Å². The molecule has 0 N–H and O–H groups in total. The van der Waals surface area contributed by atoms with Crippen molar-refractivity contribution in [3.8, 4) is 11.5 Å². The molecule has 158 valence electrons. The Labute approximate surface area is 180 Å².